The number of hydrogen-bond donors (Lipinski definition) is 2. The molecule has 0 atom stereocenters. The minimum absolute atomic E-state index is 0.189. The van der Waals surface area contributed by atoms with Gasteiger partial charge in [-0.2, -0.15) is 0 Å². The van der Waals surface area contributed by atoms with Crippen LogP contribution in [0, 0.1) is 5.41 Å². The van der Waals surface area contributed by atoms with Gasteiger partial charge >= 0.3 is 5.97 Å². The summed E-state index contributed by atoms with van der Waals surface area (Å²) in [5, 5.41) is 12.2. The van der Waals surface area contributed by atoms with Gasteiger partial charge in [-0.05, 0) is 25.7 Å². The Kier molecular flexibility index (Phi) is 4.25. The zero-order chi connectivity index (χ0) is 13.0. The van der Waals surface area contributed by atoms with Gasteiger partial charge in [0, 0.05) is 6.04 Å². The number of carboxylic acid groups (broad SMARTS) is 1. The second-order valence-electron chi connectivity index (χ2n) is 5.76. The predicted molar refractivity (Wildman–Crippen MR) is 68.2 cm³/mol. The average Bonchev–Trinajstić information content (AvgIpc) is 2.19. The van der Waals surface area contributed by atoms with E-state index in [1.165, 1.54) is 19.3 Å². The highest BCUT2D eigenvalue weighted by Gasteiger charge is 2.51. The number of carboxylic acids is 1. The van der Waals surface area contributed by atoms with Crippen molar-refractivity contribution in [1.82, 2.24) is 5.32 Å². The molecule has 2 saturated carbocycles. The van der Waals surface area contributed by atoms with Crippen LogP contribution in [0.3, 0.4) is 0 Å². The second kappa shape index (κ2) is 5.72. The number of aliphatic carboxylic acids is 1. The Balaban J connectivity index is 1.91. The maximum absolute atomic E-state index is 12.2. The normalized spacial score (nSPS) is 24.4. The van der Waals surface area contributed by atoms with Gasteiger partial charge in [-0.3, -0.25) is 9.59 Å². The van der Waals surface area contributed by atoms with Crippen LogP contribution in [-0.2, 0) is 9.59 Å². The summed E-state index contributed by atoms with van der Waals surface area (Å²) in [6.07, 6.45) is 9.90. The molecule has 0 aliphatic heterocycles. The third-order valence-electron chi connectivity index (χ3n) is 4.49. The van der Waals surface area contributed by atoms with E-state index in [-0.39, 0.29) is 11.9 Å². The fourth-order valence-electron chi connectivity index (χ4n) is 2.99. The van der Waals surface area contributed by atoms with Crippen LogP contribution in [0.2, 0.25) is 0 Å². The van der Waals surface area contributed by atoms with Crippen molar-refractivity contribution in [2.75, 3.05) is 0 Å². The predicted octanol–water partition coefficient (Wildman–Crippen LogP) is 2.47. The highest BCUT2D eigenvalue weighted by molar-refractivity contribution is 6.02. The van der Waals surface area contributed by atoms with Crippen molar-refractivity contribution >= 4 is 11.9 Å². The standard InChI is InChI=1S/C14H23NO3/c16-12(14(13(17)18)9-6-10-14)15-11-7-4-2-1-3-5-8-11/h11H,1-10H2,(H,15,16)(H,17,18). The van der Waals surface area contributed by atoms with Gasteiger partial charge in [0.05, 0.1) is 0 Å². The molecule has 0 bridgehead atoms. The largest absolute Gasteiger partial charge is 0.480 e. The maximum Gasteiger partial charge on any atom is 0.319 e. The van der Waals surface area contributed by atoms with E-state index in [4.69, 9.17) is 0 Å². The molecule has 18 heavy (non-hydrogen) atoms. The number of hydrogen-bond acceptors (Lipinski definition) is 2. The molecule has 102 valence electrons. The average molecular weight is 253 g/mol. The third-order valence-corrected chi connectivity index (χ3v) is 4.49. The molecule has 2 rings (SSSR count). The van der Waals surface area contributed by atoms with Crippen LogP contribution in [0.4, 0.5) is 0 Å². The molecular formula is C14H23NO3. The summed E-state index contributed by atoms with van der Waals surface area (Å²) in [4.78, 5) is 23.4. The summed E-state index contributed by atoms with van der Waals surface area (Å²) in [5.74, 6) is -1.19. The lowest BCUT2D eigenvalue weighted by molar-refractivity contribution is -0.162. The van der Waals surface area contributed by atoms with Crippen molar-refractivity contribution in [1.29, 1.82) is 0 Å². The lowest BCUT2D eigenvalue weighted by atomic mass is 9.68. The van der Waals surface area contributed by atoms with Crippen LogP contribution >= 0.6 is 0 Å². The van der Waals surface area contributed by atoms with Crippen LogP contribution in [0.15, 0.2) is 0 Å². The van der Waals surface area contributed by atoms with Gasteiger partial charge in [-0.15, -0.1) is 0 Å². The summed E-state index contributed by atoms with van der Waals surface area (Å²) in [5.41, 5.74) is -1.11. The van der Waals surface area contributed by atoms with E-state index in [9.17, 15) is 14.7 Å². The van der Waals surface area contributed by atoms with Gasteiger partial charge in [0.15, 0.2) is 0 Å². The fourth-order valence-corrected chi connectivity index (χ4v) is 2.99. The van der Waals surface area contributed by atoms with E-state index in [0.717, 1.165) is 32.1 Å². The van der Waals surface area contributed by atoms with E-state index in [1.807, 2.05) is 0 Å². The molecule has 0 heterocycles. The third kappa shape index (κ3) is 2.68. The molecule has 0 unspecified atom stereocenters. The summed E-state index contributed by atoms with van der Waals surface area (Å²) < 4.78 is 0. The zero-order valence-electron chi connectivity index (χ0n) is 10.9. The molecule has 2 aliphatic carbocycles. The van der Waals surface area contributed by atoms with Crippen molar-refractivity contribution in [3.8, 4) is 0 Å². The van der Waals surface area contributed by atoms with Gasteiger partial charge in [0.25, 0.3) is 0 Å². The Hall–Kier alpha value is -1.06. The lowest BCUT2D eigenvalue weighted by Crippen LogP contribution is -2.53. The first-order chi connectivity index (χ1) is 8.65. The Bertz CT molecular complexity index is 315. The first-order valence-electron chi connectivity index (χ1n) is 7.19. The molecule has 0 aromatic carbocycles. The van der Waals surface area contributed by atoms with Crippen LogP contribution in [0.25, 0.3) is 0 Å². The van der Waals surface area contributed by atoms with Crippen LogP contribution < -0.4 is 5.32 Å². The smallest absolute Gasteiger partial charge is 0.319 e. The topological polar surface area (TPSA) is 66.4 Å². The molecule has 0 aromatic heterocycles. The SMILES string of the molecule is O=C(O)C1(C(=O)NC2CCCCCCC2)CCC1. The first kappa shape index (κ1) is 13.4. The van der Waals surface area contributed by atoms with Crippen molar-refractivity contribution in [2.45, 2.75) is 70.3 Å². The molecule has 4 nitrogen and oxygen atoms in total. The molecule has 0 spiro atoms. The quantitative estimate of drug-likeness (QED) is 0.759. The zero-order valence-corrected chi connectivity index (χ0v) is 10.9. The maximum atomic E-state index is 12.2. The summed E-state index contributed by atoms with van der Waals surface area (Å²) in [7, 11) is 0. The van der Waals surface area contributed by atoms with Gasteiger partial charge in [-0.1, -0.05) is 38.5 Å². The van der Waals surface area contributed by atoms with Gasteiger partial charge in [0.1, 0.15) is 5.41 Å². The van der Waals surface area contributed by atoms with Gasteiger partial charge in [0.2, 0.25) is 5.91 Å². The van der Waals surface area contributed by atoms with Crippen LogP contribution in [-0.4, -0.2) is 23.0 Å². The number of carbonyl (C=O) groups excluding carboxylic acids is 1. The first-order valence-corrected chi connectivity index (χ1v) is 7.19. The van der Waals surface area contributed by atoms with Gasteiger partial charge in [-0.25, -0.2) is 0 Å². The van der Waals surface area contributed by atoms with Crippen molar-refractivity contribution in [2.24, 2.45) is 5.41 Å². The summed E-state index contributed by atoms with van der Waals surface area (Å²) in [6, 6.07) is 0.189. The Morgan fingerprint density at radius 3 is 1.94 bits per heavy atom. The summed E-state index contributed by atoms with van der Waals surface area (Å²) in [6.45, 7) is 0. The molecule has 1 amide bonds. The molecule has 0 radical (unpaired) electrons. The van der Waals surface area contributed by atoms with Crippen molar-refractivity contribution < 1.29 is 14.7 Å². The molecular weight excluding hydrogens is 230 g/mol. The number of carbonyl (C=O) groups is 2. The molecule has 2 N–H and O–H groups in total. The van der Waals surface area contributed by atoms with Crippen molar-refractivity contribution in [3.63, 3.8) is 0 Å². The lowest BCUT2D eigenvalue weighted by Gasteiger charge is -2.37. The van der Waals surface area contributed by atoms with Crippen molar-refractivity contribution in [3.05, 3.63) is 0 Å². The highest BCUT2D eigenvalue weighted by Crippen LogP contribution is 2.41. The molecule has 0 saturated heterocycles. The van der Waals surface area contributed by atoms with Gasteiger partial charge < -0.3 is 10.4 Å². The van der Waals surface area contributed by atoms with E-state index < -0.39 is 11.4 Å². The number of rotatable bonds is 3. The number of nitrogens with one attached hydrogen (secondary N) is 1. The molecule has 2 aliphatic rings. The number of amides is 1. The van der Waals surface area contributed by atoms with E-state index in [2.05, 4.69) is 5.32 Å². The minimum Gasteiger partial charge on any atom is -0.480 e. The molecule has 2 fully saturated rings. The Labute approximate surface area is 108 Å². The minimum atomic E-state index is -1.11. The molecule has 0 aromatic rings. The van der Waals surface area contributed by atoms with Crippen LogP contribution in [0.5, 0.6) is 0 Å². The molecule has 4 heteroatoms. The fraction of sp³-hybridized carbons (Fsp3) is 0.857. The van der Waals surface area contributed by atoms with E-state index in [0.29, 0.717) is 12.8 Å². The Morgan fingerprint density at radius 1 is 0.944 bits per heavy atom. The van der Waals surface area contributed by atoms with E-state index in [1.54, 1.807) is 0 Å². The summed E-state index contributed by atoms with van der Waals surface area (Å²) >= 11 is 0. The Morgan fingerprint density at radius 2 is 1.50 bits per heavy atom. The highest BCUT2D eigenvalue weighted by atomic mass is 16.4. The van der Waals surface area contributed by atoms with E-state index >= 15 is 0 Å². The van der Waals surface area contributed by atoms with Crippen LogP contribution in [0.1, 0.15) is 64.2 Å². The monoisotopic (exact) mass is 253 g/mol. The second-order valence-corrected chi connectivity index (χ2v) is 5.76.